The van der Waals surface area contributed by atoms with Gasteiger partial charge in [0.25, 0.3) is 0 Å². The molecule has 0 rings (SSSR count). The van der Waals surface area contributed by atoms with Crippen LogP contribution in [0, 0.1) is 11.8 Å². The Morgan fingerprint density at radius 3 is 1.81 bits per heavy atom. The van der Waals surface area contributed by atoms with E-state index in [0.29, 0.717) is 19.4 Å². The molecule has 3 N–H and O–H groups in total. The van der Waals surface area contributed by atoms with E-state index < -0.39 is 27.2 Å². The Morgan fingerprint density at radius 1 is 0.881 bits per heavy atom. The summed E-state index contributed by atoms with van der Waals surface area (Å²) in [4.78, 5) is 42.3. The predicted molar refractivity (Wildman–Crippen MR) is 179 cm³/mol. The molecule has 0 aliphatic heterocycles. The minimum atomic E-state index is -1.15. The van der Waals surface area contributed by atoms with Gasteiger partial charge in [-0.05, 0) is 46.0 Å². The first-order valence-electron chi connectivity index (χ1n) is 15.7. The van der Waals surface area contributed by atoms with Gasteiger partial charge < -0.3 is 20.5 Å². The van der Waals surface area contributed by atoms with E-state index in [0.717, 1.165) is 32.2 Å². The van der Waals surface area contributed by atoms with Gasteiger partial charge in [0, 0.05) is 30.2 Å². The van der Waals surface area contributed by atoms with E-state index in [4.69, 9.17) is 9.84 Å². The topological polar surface area (TPSA) is 139 Å². The molecule has 0 spiro atoms. The lowest BCUT2D eigenvalue weighted by molar-refractivity contribution is -0.152. The summed E-state index contributed by atoms with van der Waals surface area (Å²) < 4.78 is 16.5. The molecule has 0 saturated heterocycles. The van der Waals surface area contributed by atoms with Crippen molar-refractivity contribution in [1.29, 1.82) is 0 Å². The number of carbonyl (C=O) groups is 4. The van der Waals surface area contributed by atoms with Gasteiger partial charge in [-0.25, -0.2) is 0 Å². The van der Waals surface area contributed by atoms with E-state index in [-0.39, 0.29) is 29.3 Å². The Balaban J connectivity index is -0.000000588. The largest absolute Gasteiger partial charge is 0.481 e. The summed E-state index contributed by atoms with van der Waals surface area (Å²) in [6, 6.07) is 0. The van der Waals surface area contributed by atoms with Crippen LogP contribution >= 0.6 is 21.2 Å². The highest BCUT2D eigenvalue weighted by molar-refractivity contribution is 14.2. The van der Waals surface area contributed by atoms with Crippen LogP contribution in [0.3, 0.4) is 0 Å². The van der Waals surface area contributed by atoms with E-state index in [1.807, 2.05) is 34.6 Å². The van der Waals surface area contributed by atoms with Gasteiger partial charge in [0.15, 0.2) is 21.2 Å². The number of aliphatic carboxylic acids is 1. The summed E-state index contributed by atoms with van der Waals surface area (Å²) in [5.74, 6) is -1.07. The number of carbonyl (C=O) groups excluding carboxylic acids is 3. The standard InChI is InChI=1S/C15H28INO2.C11H21NO3.C6H12O2/c1-2-3-4-5-6-7-8-9-10-11-14-17-15(18)12-13-16-19;1-3-9(2)10(11(14)15)6-4-5-7-12-8-13;1-5(7)8-6(2,3)4/h12-13H,2-11,14H2,1H3,(H,17,18);8-10H,3-7H2,1-2H3,(H,12,13)(H,14,15);1-4H3/b13-12-;;. The summed E-state index contributed by atoms with van der Waals surface area (Å²) in [6.45, 7) is 14.5. The summed E-state index contributed by atoms with van der Waals surface area (Å²) in [5, 5.41) is 14.4. The summed E-state index contributed by atoms with van der Waals surface area (Å²) >= 11 is -1.15. The molecule has 0 aliphatic carbocycles. The van der Waals surface area contributed by atoms with E-state index in [1.54, 1.807) is 0 Å². The molecule has 0 fully saturated rings. The third-order valence-electron chi connectivity index (χ3n) is 6.36. The second kappa shape index (κ2) is 32.1. The van der Waals surface area contributed by atoms with Crippen molar-refractivity contribution in [2.75, 3.05) is 13.1 Å². The highest BCUT2D eigenvalue weighted by atomic mass is 127. The quantitative estimate of drug-likeness (QED) is 0.0342. The highest BCUT2D eigenvalue weighted by Crippen LogP contribution is 2.21. The van der Waals surface area contributed by atoms with Gasteiger partial charge in [-0.15, -0.1) is 0 Å². The van der Waals surface area contributed by atoms with Crippen LogP contribution < -0.4 is 10.6 Å². The van der Waals surface area contributed by atoms with Crippen LogP contribution in [-0.2, 0) is 27.0 Å². The highest BCUT2D eigenvalue weighted by Gasteiger charge is 2.22. The second-order valence-electron chi connectivity index (χ2n) is 11.5. The number of ether oxygens (including phenoxy) is 1. The molecular weight excluding hydrogens is 651 g/mol. The molecule has 9 nitrogen and oxygen atoms in total. The molecule has 0 radical (unpaired) electrons. The third kappa shape index (κ3) is 38.1. The van der Waals surface area contributed by atoms with Crippen LogP contribution in [-0.4, -0.2) is 48.1 Å². The van der Waals surface area contributed by atoms with E-state index in [1.165, 1.54) is 74.9 Å². The number of unbranched alkanes of at least 4 members (excludes halogenated alkanes) is 10. The number of carboxylic acids is 1. The van der Waals surface area contributed by atoms with Gasteiger partial charge in [-0.3, -0.25) is 22.2 Å². The Labute approximate surface area is 266 Å². The molecule has 0 bridgehead atoms. The molecule has 248 valence electrons. The first kappa shape index (κ1) is 44.6. The average Bonchev–Trinajstić information content (AvgIpc) is 2.91. The second-order valence-corrected chi connectivity index (χ2v) is 12.7. The van der Waals surface area contributed by atoms with Crippen molar-refractivity contribution in [3.8, 4) is 0 Å². The van der Waals surface area contributed by atoms with E-state index >= 15 is 0 Å². The van der Waals surface area contributed by atoms with Gasteiger partial charge >= 0.3 is 11.9 Å². The molecule has 42 heavy (non-hydrogen) atoms. The average molecular weight is 713 g/mol. The number of hydrogen-bond acceptors (Lipinski definition) is 6. The molecule has 0 aliphatic rings. The van der Waals surface area contributed by atoms with Crippen molar-refractivity contribution in [1.82, 2.24) is 10.6 Å². The van der Waals surface area contributed by atoms with Crippen molar-refractivity contribution in [3.63, 3.8) is 0 Å². The summed E-state index contributed by atoms with van der Waals surface area (Å²) in [5.41, 5.74) is -0.328. The lowest BCUT2D eigenvalue weighted by Gasteiger charge is -2.18. The van der Waals surface area contributed by atoms with Crippen LogP contribution in [0.2, 0.25) is 0 Å². The van der Waals surface area contributed by atoms with Crippen molar-refractivity contribution in [2.24, 2.45) is 11.8 Å². The van der Waals surface area contributed by atoms with Crippen molar-refractivity contribution in [3.05, 3.63) is 10.2 Å². The maximum Gasteiger partial charge on any atom is 0.306 e. The molecular formula is C32H61IN2O7. The van der Waals surface area contributed by atoms with E-state index in [2.05, 4.69) is 17.6 Å². The van der Waals surface area contributed by atoms with Gasteiger partial charge in [0.1, 0.15) is 5.60 Å². The fraction of sp³-hybridized carbons (Fsp3) is 0.812. The number of esters is 1. The van der Waals surface area contributed by atoms with Crippen LogP contribution in [0.15, 0.2) is 10.2 Å². The van der Waals surface area contributed by atoms with Gasteiger partial charge in [0.05, 0.1) is 5.92 Å². The molecule has 2 amide bonds. The number of hydrogen-bond donors (Lipinski definition) is 3. The Morgan fingerprint density at radius 2 is 1.40 bits per heavy atom. The smallest absolute Gasteiger partial charge is 0.306 e. The zero-order valence-electron chi connectivity index (χ0n) is 27.5. The Kier molecular flexibility index (Phi) is 34.0. The minimum absolute atomic E-state index is 0.119. The number of nitrogens with one attached hydrogen (secondary N) is 2. The van der Waals surface area contributed by atoms with Gasteiger partial charge in [-0.2, -0.15) is 0 Å². The fourth-order valence-electron chi connectivity index (χ4n) is 3.98. The lowest BCUT2D eigenvalue weighted by atomic mass is 9.87. The number of carboxylic acid groups (broad SMARTS) is 1. The third-order valence-corrected chi connectivity index (χ3v) is 7.02. The zero-order valence-corrected chi connectivity index (χ0v) is 29.6. The SMILES string of the molecule is CC(=O)OC(C)(C)C.CCC(C)C(CCCCNC=O)C(=O)O.CCCCCCCCCCCCNC(=O)/C=C\I=O. The van der Waals surface area contributed by atoms with Crippen LogP contribution in [0.1, 0.15) is 138 Å². The van der Waals surface area contributed by atoms with Crippen molar-refractivity contribution < 1.29 is 32.1 Å². The summed E-state index contributed by atoms with van der Waals surface area (Å²) in [7, 11) is 0. The van der Waals surface area contributed by atoms with Gasteiger partial charge in [0.2, 0.25) is 12.3 Å². The molecule has 10 heteroatoms. The predicted octanol–water partition coefficient (Wildman–Crippen LogP) is 7.85. The molecule has 0 aromatic heterocycles. The maximum atomic E-state index is 11.1. The lowest BCUT2D eigenvalue weighted by Crippen LogP contribution is -2.21. The first-order valence-corrected chi connectivity index (χ1v) is 17.8. The monoisotopic (exact) mass is 712 g/mol. The summed E-state index contributed by atoms with van der Waals surface area (Å²) in [6.07, 6.45) is 18.3. The van der Waals surface area contributed by atoms with Crippen LogP contribution in [0.25, 0.3) is 0 Å². The number of amides is 2. The van der Waals surface area contributed by atoms with E-state index in [9.17, 15) is 22.2 Å². The van der Waals surface area contributed by atoms with Crippen molar-refractivity contribution >= 4 is 45.4 Å². The van der Waals surface area contributed by atoms with Crippen LogP contribution in [0.5, 0.6) is 0 Å². The number of halogens is 1. The molecule has 2 atom stereocenters. The molecule has 0 heterocycles. The molecule has 0 aromatic carbocycles. The Hall–Kier alpha value is -1.85. The Bertz CT molecular complexity index is 724. The van der Waals surface area contributed by atoms with Crippen LogP contribution in [0.4, 0.5) is 0 Å². The minimum Gasteiger partial charge on any atom is -0.481 e. The maximum absolute atomic E-state index is 11.1. The first-order chi connectivity index (χ1) is 19.9. The fourth-order valence-corrected chi connectivity index (χ4v) is 4.46. The van der Waals surface area contributed by atoms with Crippen molar-refractivity contribution in [2.45, 2.75) is 144 Å². The molecule has 0 aromatic rings. The number of rotatable bonds is 22. The molecule has 2 unspecified atom stereocenters. The molecule has 0 saturated carbocycles. The zero-order chi connectivity index (χ0) is 32.7. The van der Waals surface area contributed by atoms with Gasteiger partial charge in [-0.1, -0.05) is 91.4 Å². The normalized spacial score (nSPS) is 12.2.